The lowest BCUT2D eigenvalue weighted by Gasteiger charge is -2.16. The highest BCUT2D eigenvalue weighted by Crippen LogP contribution is 2.35. The van der Waals surface area contributed by atoms with Crippen LogP contribution in [0.2, 0.25) is 5.02 Å². The van der Waals surface area contributed by atoms with Gasteiger partial charge in [0.25, 0.3) is 0 Å². The van der Waals surface area contributed by atoms with Crippen LogP contribution in [0.3, 0.4) is 0 Å². The molecular formula is C25H19ClFNO3. The number of benzene rings is 4. The van der Waals surface area contributed by atoms with Gasteiger partial charge in [0.2, 0.25) is 6.79 Å². The van der Waals surface area contributed by atoms with Gasteiger partial charge in [0.15, 0.2) is 11.5 Å². The van der Waals surface area contributed by atoms with Crippen molar-refractivity contribution in [3.63, 3.8) is 0 Å². The van der Waals surface area contributed by atoms with Crippen molar-refractivity contribution in [2.24, 2.45) is 0 Å². The summed E-state index contributed by atoms with van der Waals surface area (Å²) in [5, 5.41) is 5.94. The molecule has 0 fully saturated rings. The fourth-order valence-corrected chi connectivity index (χ4v) is 3.87. The molecule has 4 aromatic rings. The second-order valence-electron chi connectivity index (χ2n) is 7.17. The third-order valence-electron chi connectivity index (χ3n) is 5.27. The van der Waals surface area contributed by atoms with Crippen LogP contribution in [0, 0.1) is 5.82 Å². The molecule has 1 heterocycles. The van der Waals surface area contributed by atoms with Crippen molar-refractivity contribution < 1.29 is 18.6 Å². The van der Waals surface area contributed by atoms with E-state index < -0.39 is 0 Å². The van der Waals surface area contributed by atoms with Gasteiger partial charge in [-0.3, -0.25) is 0 Å². The number of rotatable bonds is 6. The van der Waals surface area contributed by atoms with Crippen LogP contribution in [-0.2, 0) is 13.2 Å². The molecule has 0 unspecified atom stereocenters. The molecule has 31 heavy (non-hydrogen) atoms. The second kappa shape index (κ2) is 8.36. The zero-order valence-electron chi connectivity index (χ0n) is 16.5. The van der Waals surface area contributed by atoms with Crippen molar-refractivity contribution in [2.45, 2.75) is 13.2 Å². The summed E-state index contributed by atoms with van der Waals surface area (Å²) in [4.78, 5) is 0. The Labute approximate surface area is 184 Å². The van der Waals surface area contributed by atoms with E-state index in [4.69, 9.17) is 25.8 Å². The number of hydrogen-bond donors (Lipinski definition) is 1. The topological polar surface area (TPSA) is 39.7 Å². The van der Waals surface area contributed by atoms with E-state index in [9.17, 15) is 4.39 Å². The van der Waals surface area contributed by atoms with E-state index in [1.807, 2.05) is 42.5 Å². The molecule has 0 atom stereocenters. The molecule has 0 spiro atoms. The SMILES string of the molecule is Fc1cccc(Cl)c1COc1ccc2ccccc2c1CNc1ccc2c(c1)OCO2. The van der Waals surface area contributed by atoms with Crippen molar-refractivity contribution in [1.29, 1.82) is 0 Å². The van der Waals surface area contributed by atoms with Gasteiger partial charge in [-0.25, -0.2) is 4.39 Å². The minimum absolute atomic E-state index is 0.0425. The van der Waals surface area contributed by atoms with Crippen LogP contribution >= 0.6 is 11.6 Å². The van der Waals surface area contributed by atoms with E-state index in [1.165, 1.54) is 6.07 Å². The Morgan fingerprint density at radius 2 is 1.77 bits per heavy atom. The van der Waals surface area contributed by atoms with E-state index in [2.05, 4.69) is 17.4 Å². The summed E-state index contributed by atoms with van der Waals surface area (Å²) in [6, 6.07) is 22.4. The molecule has 1 aliphatic rings. The predicted molar refractivity (Wildman–Crippen MR) is 120 cm³/mol. The Hall–Kier alpha value is -3.44. The second-order valence-corrected chi connectivity index (χ2v) is 7.58. The molecule has 0 radical (unpaired) electrons. The van der Waals surface area contributed by atoms with Crippen molar-refractivity contribution in [1.82, 2.24) is 0 Å². The van der Waals surface area contributed by atoms with Crippen LogP contribution in [0.25, 0.3) is 10.8 Å². The van der Waals surface area contributed by atoms with Gasteiger partial charge in [0.1, 0.15) is 18.2 Å². The number of ether oxygens (including phenoxy) is 3. The maximum absolute atomic E-state index is 14.2. The van der Waals surface area contributed by atoms with Gasteiger partial charge in [-0.05, 0) is 41.1 Å². The smallest absolute Gasteiger partial charge is 0.231 e. The number of halogens is 2. The average Bonchev–Trinajstić information content (AvgIpc) is 3.25. The van der Waals surface area contributed by atoms with Gasteiger partial charge in [-0.2, -0.15) is 0 Å². The van der Waals surface area contributed by atoms with Crippen LogP contribution in [0.15, 0.2) is 72.8 Å². The molecule has 5 rings (SSSR count). The minimum atomic E-state index is -0.381. The van der Waals surface area contributed by atoms with Crippen molar-refractivity contribution in [2.75, 3.05) is 12.1 Å². The summed E-state index contributed by atoms with van der Waals surface area (Å²) < 4.78 is 31.1. The van der Waals surface area contributed by atoms with Crippen LogP contribution in [0.5, 0.6) is 17.2 Å². The molecule has 1 N–H and O–H groups in total. The lowest BCUT2D eigenvalue weighted by Crippen LogP contribution is -2.06. The quantitative estimate of drug-likeness (QED) is 0.372. The average molecular weight is 436 g/mol. The van der Waals surface area contributed by atoms with E-state index in [0.717, 1.165) is 27.8 Å². The van der Waals surface area contributed by atoms with Gasteiger partial charge in [0, 0.05) is 29.4 Å². The summed E-state index contributed by atoms with van der Waals surface area (Å²) >= 11 is 6.16. The highest BCUT2D eigenvalue weighted by Gasteiger charge is 2.15. The monoisotopic (exact) mass is 435 g/mol. The zero-order valence-corrected chi connectivity index (χ0v) is 17.3. The molecule has 156 valence electrons. The fraction of sp³-hybridized carbons (Fsp3) is 0.120. The van der Waals surface area contributed by atoms with Gasteiger partial charge in [-0.15, -0.1) is 0 Å². The van der Waals surface area contributed by atoms with E-state index in [1.54, 1.807) is 12.1 Å². The van der Waals surface area contributed by atoms with Crippen molar-refractivity contribution >= 4 is 28.1 Å². The molecule has 0 bridgehead atoms. The summed E-state index contributed by atoms with van der Waals surface area (Å²) in [7, 11) is 0. The lowest BCUT2D eigenvalue weighted by molar-refractivity contribution is 0.174. The molecule has 0 amide bonds. The zero-order chi connectivity index (χ0) is 21.2. The van der Waals surface area contributed by atoms with Crippen LogP contribution in [0.4, 0.5) is 10.1 Å². The van der Waals surface area contributed by atoms with E-state index in [0.29, 0.717) is 28.6 Å². The van der Waals surface area contributed by atoms with Gasteiger partial charge >= 0.3 is 0 Å². The summed E-state index contributed by atoms with van der Waals surface area (Å²) in [6.07, 6.45) is 0. The molecule has 0 aromatic heterocycles. The summed E-state index contributed by atoms with van der Waals surface area (Å²) in [5.74, 6) is 1.75. The first-order chi connectivity index (χ1) is 15.2. The van der Waals surface area contributed by atoms with Crippen LogP contribution in [-0.4, -0.2) is 6.79 Å². The highest BCUT2D eigenvalue weighted by atomic mass is 35.5. The van der Waals surface area contributed by atoms with Gasteiger partial charge in [0.05, 0.1) is 5.02 Å². The fourth-order valence-electron chi connectivity index (χ4n) is 3.65. The standard InChI is InChI=1S/C25H19ClFNO3/c26-21-6-3-7-22(27)20(21)14-29-23-10-8-16-4-1-2-5-18(16)19(23)13-28-17-9-11-24-25(12-17)31-15-30-24/h1-12,28H,13-15H2. The number of hydrogen-bond acceptors (Lipinski definition) is 4. The lowest BCUT2D eigenvalue weighted by atomic mass is 10.0. The maximum Gasteiger partial charge on any atom is 0.231 e. The van der Waals surface area contributed by atoms with Crippen molar-refractivity contribution in [3.8, 4) is 17.2 Å². The normalized spacial score (nSPS) is 12.2. The third kappa shape index (κ3) is 3.97. The molecule has 4 nitrogen and oxygen atoms in total. The Morgan fingerprint density at radius 3 is 2.68 bits per heavy atom. The molecule has 6 heteroatoms. The highest BCUT2D eigenvalue weighted by molar-refractivity contribution is 6.31. The minimum Gasteiger partial charge on any atom is -0.488 e. The molecule has 0 saturated heterocycles. The first-order valence-electron chi connectivity index (χ1n) is 9.89. The number of anilines is 1. The maximum atomic E-state index is 14.2. The van der Waals surface area contributed by atoms with E-state index in [-0.39, 0.29) is 19.2 Å². The Balaban J connectivity index is 1.44. The first-order valence-corrected chi connectivity index (χ1v) is 10.3. The number of fused-ring (bicyclic) bond motifs is 2. The molecule has 0 aliphatic carbocycles. The Morgan fingerprint density at radius 1 is 0.903 bits per heavy atom. The summed E-state index contributed by atoms with van der Waals surface area (Å²) in [5.41, 5.74) is 2.22. The summed E-state index contributed by atoms with van der Waals surface area (Å²) in [6.45, 7) is 0.793. The number of nitrogens with one attached hydrogen (secondary N) is 1. The third-order valence-corrected chi connectivity index (χ3v) is 5.63. The Kier molecular flexibility index (Phi) is 5.26. The van der Waals surface area contributed by atoms with Gasteiger partial charge < -0.3 is 19.5 Å². The van der Waals surface area contributed by atoms with Crippen LogP contribution in [0.1, 0.15) is 11.1 Å². The molecular weight excluding hydrogens is 417 g/mol. The molecule has 0 saturated carbocycles. The van der Waals surface area contributed by atoms with Crippen LogP contribution < -0.4 is 19.5 Å². The molecule has 1 aliphatic heterocycles. The predicted octanol–water partition coefficient (Wildman–Crippen LogP) is 6.55. The molecule has 4 aromatic carbocycles. The first kappa shape index (κ1) is 19.5. The van der Waals surface area contributed by atoms with Crippen molar-refractivity contribution in [3.05, 3.63) is 94.8 Å². The largest absolute Gasteiger partial charge is 0.488 e. The Bertz CT molecular complexity index is 1240. The van der Waals surface area contributed by atoms with Gasteiger partial charge in [-0.1, -0.05) is 48.0 Å². The van der Waals surface area contributed by atoms with E-state index >= 15 is 0 Å².